The molecule has 3 rings (SSSR count). The molecule has 0 bridgehead atoms. The summed E-state index contributed by atoms with van der Waals surface area (Å²) in [6, 6.07) is 2.80. The average Bonchev–Trinajstić information content (AvgIpc) is 2.94. The normalized spacial score (nSPS) is 19.0. The molecule has 1 fully saturated rings. The molecule has 8 heteroatoms. The first-order valence-corrected chi connectivity index (χ1v) is 9.11. The molecule has 0 radical (unpaired) electrons. The van der Waals surface area contributed by atoms with Crippen LogP contribution in [0.5, 0.6) is 11.5 Å². The van der Waals surface area contributed by atoms with Gasteiger partial charge < -0.3 is 19.7 Å². The first-order valence-electron chi connectivity index (χ1n) is 9.11. The fourth-order valence-corrected chi connectivity index (χ4v) is 3.54. The quantitative estimate of drug-likeness (QED) is 0.758. The predicted molar refractivity (Wildman–Crippen MR) is 97.6 cm³/mol. The molecule has 0 spiro atoms. The Bertz CT molecular complexity index is 764. The van der Waals surface area contributed by atoms with E-state index in [4.69, 9.17) is 9.47 Å². The molecule has 0 aromatic heterocycles. The summed E-state index contributed by atoms with van der Waals surface area (Å²) in [6.45, 7) is 2.66. The lowest BCUT2D eigenvalue weighted by atomic mass is 9.98. The number of benzene rings is 1. The van der Waals surface area contributed by atoms with E-state index in [0.717, 1.165) is 22.4 Å². The standard InChI is InChI=1S/C19H25N3O5/c1-4-5-14-18(24)22(19(25)20-14)11-17(23)21-7-6-12-8-15(26-2)16(27-3)9-13(12)10-21/h8-9,14H,4-7,10-11H2,1-3H3,(H,20,25)/t14-/m1/s1. The van der Waals surface area contributed by atoms with E-state index in [1.807, 2.05) is 19.1 Å². The molecule has 2 aliphatic rings. The number of hydrogen-bond donors (Lipinski definition) is 1. The van der Waals surface area contributed by atoms with Gasteiger partial charge in [-0.1, -0.05) is 13.3 Å². The van der Waals surface area contributed by atoms with Gasteiger partial charge >= 0.3 is 6.03 Å². The number of nitrogens with zero attached hydrogens (tertiary/aromatic N) is 2. The zero-order chi connectivity index (χ0) is 19.6. The number of hydrogen-bond acceptors (Lipinski definition) is 5. The van der Waals surface area contributed by atoms with Crippen LogP contribution >= 0.6 is 0 Å². The Morgan fingerprint density at radius 2 is 1.85 bits per heavy atom. The smallest absolute Gasteiger partial charge is 0.325 e. The number of carbonyl (C=O) groups excluding carboxylic acids is 3. The summed E-state index contributed by atoms with van der Waals surface area (Å²) in [5.41, 5.74) is 2.09. The second-order valence-electron chi connectivity index (χ2n) is 6.76. The number of imide groups is 1. The zero-order valence-electron chi connectivity index (χ0n) is 15.9. The number of rotatable bonds is 6. The van der Waals surface area contributed by atoms with E-state index in [1.54, 1.807) is 19.1 Å². The number of methoxy groups -OCH3 is 2. The molecule has 4 amide bonds. The van der Waals surface area contributed by atoms with Gasteiger partial charge in [0.15, 0.2) is 11.5 Å². The molecule has 1 aromatic rings. The largest absolute Gasteiger partial charge is 0.493 e. The van der Waals surface area contributed by atoms with Crippen LogP contribution in [-0.4, -0.2) is 61.0 Å². The van der Waals surface area contributed by atoms with E-state index >= 15 is 0 Å². The highest BCUT2D eigenvalue weighted by molar-refractivity contribution is 6.06. The van der Waals surface area contributed by atoms with Crippen LogP contribution in [0.15, 0.2) is 12.1 Å². The Morgan fingerprint density at radius 3 is 2.48 bits per heavy atom. The molecule has 146 valence electrons. The Labute approximate surface area is 158 Å². The molecule has 0 unspecified atom stereocenters. The second-order valence-corrected chi connectivity index (χ2v) is 6.76. The fraction of sp³-hybridized carbons (Fsp3) is 0.526. The van der Waals surface area contributed by atoms with Crippen LogP contribution in [0, 0.1) is 0 Å². The second kappa shape index (κ2) is 7.85. The van der Waals surface area contributed by atoms with Crippen molar-refractivity contribution in [2.75, 3.05) is 27.3 Å². The molecule has 1 saturated heterocycles. The lowest BCUT2D eigenvalue weighted by Crippen LogP contribution is -2.45. The molecule has 0 saturated carbocycles. The third-order valence-electron chi connectivity index (χ3n) is 5.05. The summed E-state index contributed by atoms with van der Waals surface area (Å²) < 4.78 is 10.7. The first-order chi connectivity index (χ1) is 13.0. The van der Waals surface area contributed by atoms with Crippen LogP contribution in [0.4, 0.5) is 4.79 Å². The molecule has 8 nitrogen and oxygen atoms in total. The number of nitrogens with one attached hydrogen (secondary N) is 1. The van der Waals surface area contributed by atoms with Crippen molar-refractivity contribution in [2.45, 2.75) is 38.8 Å². The van der Waals surface area contributed by atoms with Gasteiger partial charge in [-0.3, -0.25) is 14.5 Å². The lowest BCUT2D eigenvalue weighted by molar-refractivity contribution is -0.138. The molecule has 1 N–H and O–H groups in total. The van der Waals surface area contributed by atoms with Crippen molar-refractivity contribution >= 4 is 17.8 Å². The highest BCUT2D eigenvalue weighted by Crippen LogP contribution is 2.33. The highest BCUT2D eigenvalue weighted by atomic mass is 16.5. The van der Waals surface area contributed by atoms with Crippen molar-refractivity contribution in [1.29, 1.82) is 0 Å². The van der Waals surface area contributed by atoms with Crippen LogP contribution in [0.2, 0.25) is 0 Å². The molecular weight excluding hydrogens is 350 g/mol. The number of urea groups is 1. The Hall–Kier alpha value is -2.77. The average molecular weight is 375 g/mol. The first kappa shape index (κ1) is 19.0. The monoisotopic (exact) mass is 375 g/mol. The van der Waals surface area contributed by atoms with Gasteiger partial charge in [0.1, 0.15) is 12.6 Å². The van der Waals surface area contributed by atoms with Crippen LogP contribution in [-0.2, 0) is 22.6 Å². The Balaban J connectivity index is 1.69. The summed E-state index contributed by atoms with van der Waals surface area (Å²) in [7, 11) is 3.16. The number of ether oxygens (including phenoxy) is 2. The summed E-state index contributed by atoms with van der Waals surface area (Å²) in [5, 5.41) is 2.64. The minimum Gasteiger partial charge on any atom is -0.493 e. The SMILES string of the molecule is CCC[C@H]1NC(=O)N(CC(=O)N2CCc3cc(OC)c(OC)cc3C2)C1=O. The number of amides is 4. The van der Waals surface area contributed by atoms with Crippen LogP contribution in [0.1, 0.15) is 30.9 Å². The molecule has 1 atom stereocenters. The summed E-state index contributed by atoms with van der Waals surface area (Å²) >= 11 is 0. The topological polar surface area (TPSA) is 88.2 Å². The zero-order valence-corrected chi connectivity index (χ0v) is 15.9. The molecule has 1 aromatic carbocycles. The minimum atomic E-state index is -0.519. The third kappa shape index (κ3) is 3.70. The van der Waals surface area contributed by atoms with E-state index in [2.05, 4.69) is 5.32 Å². The third-order valence-corrected chi connectivity index (χ3v) is 5.05. The molecule has 27 heavy (non-hydrogen) atoms. The van der Waals surface area contributed by atoms with Gasteiger partial charge in [0.2, 0.25) is 5.91 Å². The van der Waals surface area contributed by atoms with Crippen molar-refractivity contribution in [1.82, 2.24) is 15.1 Å². The van der Waals surface area contributed by atoms with Crippen LogP contribution < -0.4 is 14.8 Å². The number of fused-ring (bicyclic) bond motifs is 1. The van der Waals surface area contributed by atoms with Crippen molar-refractivity contribution < 1.29 is 23.9 Å². The predicted octanol–water partition coefficient (Wildman–Crippen LogP) is 1.31. The fourth-order valence-electron chi connectivity index (χ4n) is 3.54. The lowest BCUT2D eigenvalue weighted by Gasteiger charge is -2.30. The molecule has 2 aliphatic heterocycles. The van der Waals surface area contributed by atoms with E-state index < -0.39 is 12.1 Å². The Kier molecular flexibility index (Phi) is 5.53. The van der Waals surface area contributed by atoms with E-state index in [1.165, 1.54) is 0 Å². The van der Waals surface area contributed by atoms with Gasteiger partial charge in [0.25, 0.3) is 5.91 Å². The summed E-state index contributed by atoms with van der Waals surface area (Å²) in [5.74, 6) is 0.717. The number of carbonyl (C=O) groups is 3. The maximum atomic E-state index is 12.7. The minimum absolute atomic E-state index is 0.229. The van der Waals surface area contributed by atoms with Gasteiger partial charge in [-0.15, -0.1) is 0 Å². The van der Waals surface area contributed by atoms with Crippen LogP contribution in [0.3, 0.4) is 0 Å². The summed E-state index contributed by atoms with van der Waals surface area (Å²) in [6.07, 6.45) is 2.04. The van der Waals surface area contributed by atoms with Crippen molar-refractivity contribution in [3.8, 4) is 11.5 Å². The van der Waals surface area contributed by atoms with Gasteiger partial charge in [0.05, 0.1) is 14.2 Å². The summed E-state index contributed by atoms with van der Waals surface area (Å²) in [4.78, 5) is 39.7. The van der Waals surface area contributed by atoms with Gasteiger partial charge in [-0.2, -0.15) is 0 Å². The highest BCUT2D eigenvalue weighted by Gasteiger charge is 2.39. The molecule has 2 heterocycles. The van der Waals surface area contributed by atoms with Gasteiger partial charge in [-0.05, 0) is 36.1 Å². The Morgan fingerprint density at radius 1 is 1.19 bits per heavy atom. The maximum Gasteiger partial charge on any atom is 0.325 e. The van der Waals surface area contributed by atoms with E-state index in [9.17, 15) is 14.4 Å². The van der Waals surface area contributed by atoms with Crippen molar-refractivity contribution in [2.24, 2.45) is 0 Å². The molecule has 0 aliphatic carbocycles. The maximum absolute atomic E-state index is 12.7. The van der Waals surface area contributed by atoms with E-state index in [0.29, 0.717) is 37.4 Å². The van der Waals surface area contributed by atoms with Gasteiger partial charge in [-0.25, -0.2) is 4.79 Å². The van der Waals surface area contributed by atoms with Crippen LogP contribution in [0.25, 0.3) is 0 Å². The van der Waals surface area contributed by atoms with Gasteiger partial charge in [0, 0.05) is 13.1 Å². The van der Waals surface area contributed by atoms with Crippen molar-refractivity contribution in [3.05, 3.63) is 23.3 Å². The van der Waals surface area contributed by atoms with E-state index in [-0.39, 0.29) is 18.4 Å². The van der Waals surface area contributed by atoms with Crippen molar-refractivity contribution in [3.63, 3.8) is 0 Å². The molecular formula is C19H25N3O5.